The molecule has 0 saturated carbocycles. The molecule has 1 aromatic carbocycles. The third kappa shape index (κ3) is 2.80. The van der Waals surface area contributed by atoms with E-state index in [0.29, 0.717) is 17.9 Å². The summed E-state index contributed by atoms with van der Waals surface area (Å²) in [7, 11) is 0. The van der Waals surface area contributed by atoms with Gasteiger partial charge in [-0.3, -0.25) is 4.98 Å². The van der Waals surface area contributed by atoms with Crippen molar-refractivity contribution in [3.05, 3.63) is 65.9 Å². The monoisotopic (exact) mass is 284 g/mol. The minimum atomic E-state index is -0.291. The Morgan fingerprint density at radius 3 is 2.67 bits per heavy atom. The molecule has 0 radical (unpaired) electrons. The quantitative estimate of drug-likeness (QED) is 0.796. The second-order valence-corrected chi connectivity index (χ2v) is 4.57. The van der Waals surface area contributed by atoms with Crippen molar-refractivity contribution >= 4 is 0 Å². The van der Waals surface area contributed by atoms with Crippen LogP contribution in [0, 0.1) is 5.82 Å². The van der Waals surface area contributed by atoms with Crippen molar-refractivity contribution in [3.63, 3.8) is 0 Å². The van der Waals surface area contributed by atoms with Crippen LogP contribution in [0.2, 0.25) is 0 Å². The summed E-state index contributed by atoms with van der Waals surface area (Å²) in [6.45, 7) is 0.170. The number of nitrogens with zero attached hydrogens (tertiary/aromatic N) is 4. The van der Waals surface area contributed by atoms with Crippen molar-refractivity contribution in [2.45, 2.75) is 13.2 Å². The van der Waals surface area contributed by atoms with Crippen LogP contribution in [0.5, 0.6) is 0 Å². The molecule has 0 aliphatic heterocycles. The van der Waals surface area contributed by atoms with Gasteiger partial charge in [0.2, 0.25) is 0 Å². The molecular formula is C15H13FN4O. The fraction of sp³-hybridized carbons (Fsp3) is 0.133. The largest absolute Gasteiger partial charge is 0.390 e. The van der Waals surface area contributed by atoms with Crippen molar-refractivity contribution < 1.29 is 9.50 Å². The van der Waals surface area contributed by atoms with E-state index in [1.165, 1.54) is 12.1 Å². The normalized spacial score (nSPS) is 10.8. The third-order valence-corrected chi connectivity index (χ3v) is 3.13. The van der Waals surface area contributed by atoms with Gasteiger partial charge < -0.3 is 5.11 Å². The summed E-state index contributed by atoms with van der Waals surface area (Å²) < 4.78 is 14.9. The number of aliphatic hydroxyl groups is 1. The van der Waals surface area contributed by atoms with Gasteiger partial charge in [0.25, 0.3) is 0 Å². The maximum absolute atomic E-state index is 13.3. The maximum Gasteiger partial charge on any atom is 0.123 e. The van der Waals surface area contributed by atoms with E-state index in [4.69, 9.17) is 0 Å². The number of rotatable bonds is 4. The molecule has 2 heterocycles. The van der Waals surface area contributed by atoms with E-state index in [1.54, 1.807) is 23.1 Å². The van der Waals surface area contributed by atoms with E-state index < -0.39 is 0 Å². The lowest BCUT2D eigenvalue weighted by Crippen LogP contribution is -2.05. The number of aromatic nitrogens is 4. The number of hydrogen-bond donors (Lipinski definition) is 1. The summed E-state index contributed by atoms with van der Waals surface area (Å²) in [5.41, 5.74) is 2.83. The number of pyridine rings is 1. The van der Waals surface area contributed by atoms with Crippen molar-refractivity contribution in [2.75, 3.05) is 0 Å². The number of benzene rings is 1. The second kappa shape index (κ2) is 5.80. The highest BCUT2D eigenvalue weighted by atomic mass is 19.1. The van der Waals surface area contributed by atoms with Crippen LogP contribution in [0.3, 0.4) is 0 Å². The molecular weight excluding hydrogens is 271 g/mol. The molecule has 0 atom stereocenters. The van der Waals surface area contributed by atoms with Gasteiger partial charge >= 0.3 is 0 Å². The zero-order valence-electron chi connectivity index (χ0n) is 11.1. The number of halogens is 1. The Kier molecular flexibility index (Phi) is 3.70. The Morgan fingerprint density at radius 1 is 1.14 bits per heavy atom. The van der Waals surface area contributed by atoms with Gasteiger partial charge in [-0.1, -0.05) is 17.3 Å². The smallest absolute Gasteiger partial charge is 0.123 e. The Bertz CT molecular complexity index is 742. The van der Waals surface area contributed by atoms with Gasteiger partial charge in [0.15, 0.2) is 0 Å². The summed E-state index contributed by atoms with van der Waals surface area (Å²) in [6.07, 6.45) is 3.33. The lowest BCUT2D eigenvalue weighted by molar-refractivity contribution is 0.277. The third-order valence-electron chi connectivity index (χ3n) is 3.13. The first-order valence-corrected chi connectivity index (χ1v) is 6.46. The van der Waals surface area contributed by atoms with E-state index in [0.717, 1.165) is 11.1 Å². The summed E-state index contributed by atoms with van der Waals surface area (Å²) in [5.74, 6) is -0.291. The van der Waals surface area contributed by atoms with Crippen LogP contribution in [-0.2, 0) is 13.2 Å². The fourth-order valence-corrected chi connectivity index (χ4v) is 2.20. The summed E-state index contributed by atoms with van der Waals surface area (Å²) >= 11 is 0. The Morgan fingerprint density at radius 2 is 1.95 bits per heavy atom. The van der Waals surface area contributed by atoms with Gasteiger partial charge in [-0.2, -0.15) is 0 Å². The van der Waals surface area contributed by atoms with Gasteiger partial charge in [0.05, 0.1) is 18.8 Å². The van der Waals surface area contributed by atoms with Crippen LogP contribution in [0.25, 0.3) is 11.3 Å². The highest BCUT2D eigenvalue weighted by Gasteiger charge is 2.14. The van der Waals surface area contributed by atoms with Gasteiger partial charge in [-0.05, 0) is 29.8 Å². The highest BCUT2D eigenvalue weighted by molar-refractivity contribution is 5.61. The minimum Gasteiger partial charge on any atom is -0.390 e. The number of aliphatic hydroxyl groups excluding tert-OH is 1. The molecule has 21 heavy (non-hydrogen) atoms. The summed E-state index contributed by atoms with van der Waals surface area (Å²) in [4.78, 5) is 3.97. The van der Waals surface area contributed by atoms with Gasteiger partial charge in [-0.15, -0.1) is 5.10 Å². The molecule has 3 rings (SSSR count). The Labute approximate surface area is 120 Å². The van der Waals surface area contributed by atoms with Crippen molar-refractivity contribution in [1.82, 2.24) is 20.0 Å². The van der Waals surface area contributed by atoms with Crippen LogP contribution in [0.1, 0.15) is 11.3 Å². The molecule has 0 spiro atoms. The predicted octanol–water partition coefficient (Wildman–Crippen LogP) is 2.02. The van der Waals surface area contributed by atoms with Crippen molar-refractivity contribution in [1.29, 1.82) is 0 Å². The van der Waals surface area contributed by atoms with Gasteiger partial charge in [0.1, 0.15) is 11.5 Å². The van der Waals surface area contributed by atoms with Gasteiger partial charge in [-0.25, -0.2) is 9.07 Å². The molecule has 0 unspecified atom stereocenters. The van der Waals surface area contributed by atoms with E-state index in [1.807, 2.05) is 18.2 Å². The van der Waals surface area contributed by atoms with Crippen molar-refractivity contribution in [3.8, 4) is 11.3 Å². The summed E-state index contributed by atoms with van der Waals surface area (Å²) in [6, 6.07) is 9.96. The topological polar surface area (TPSA) is 63.8 Å². The molecule has 0 aliphatic rings. The van der Waals surface area contributed by atoms with Crippen LogP contribution >= 0.6 is 0 Å². The minimum absolute atomic E-state index is 0.208. The van der Waals surface area contributed by atoms with E-state index >= 15 is 0 Å². The Balaban J connectivity index is 2.02. The maximum atomic E-state index is 13.3. The van der Waals surface area contributed by atoms with Crippen molar-refractivity contribution in [2.24, 2.45) is 0 Å². The first-order chi connectivity index (χ1) is 10.3. The van der Waals surface area contributed by atoms with Crippen LogP contribution in [0.4, 0.5) is 4.39 Å². The lowest BCUT2D eigenvalue weighted by Gasteiger charge is -2.08. The average Bonchev–Trinajstić information content (AvgIpc) is 2.91. The molecule has 6 heteroatoms. The molecule has 0 fully saturated rings. The lowest BCUT2D eigenvalue weighted by atomic mass is 10.1. The van der Waals surface area contributed by atoms with E-state index in [9.17, 15) is 9.50 Å². The first-order valence-electron chi connectivity index (χ1n) is 6.46. The fourth-order valence-electron chi connectivity index (χ4n) is 2.20. The van der Waals surface area contributed by atoms with E-state index in [-0.39, 0.29) is 12.4 Å². The molecule has 2 aromatic heterocycles. The Hall–Kier alpha value is -2.60. The molecule has 0 amide bonds. The highest BCUT2D eigenvalue weighted by Crippen LogP contribution is 2.22. The predicted molar refractivity (Wildman–Crippen MR) is 74.7 cm³/mol. The van der Waals surface area contributed by atoms with Crippen LogP contribution in [0.15, 0.2) is 48.8 Å². The average molecular weight is 284 g/mol. The van der Waals surface area contributed by atoms with Gasteiger partial charge in [0, 0.05) is 18.0 Å². The van der Waals surface area contributed by atoms with Crippen LogP contribution in [-0.4, -0.2) is 25.1 Å². The summed E-state index contributed by atoms with van der Waals surface area (Å²) in [5, 5.41) is 17.4. The molecule has 106 valence electrons. The molecule has 5 nitrogen and oxygen atoms in total. The van der Waals surface area contributed by atoms with Crippen LogP contribution < -0.4 is 0 Å². The SMILES string of the molecule is OCc1nnn(Cc2cccc(F)c2)c1-c1ccncc1. The zero-order chi connectivity index (χ0) is 14.7. The molecule has 0 saturated heterocycles. The molecule has 0 bridgehead atoms. The van der Waals surface area contributed by atoms with E-state index in [2.05, 4.69) is 15.3 Å². The first kappa shape index (κ1) is 13.4. The number of hydrogen-bond acceptors (Lipinski definition) is 4. The standard InChI is InChI=1S/C15H13FN4O/c16-13-3-1-2-11(8-13)9-20-15(14(10-21)18-19-20)12-4-6-17-7-5-12/h1-8,21H,9-10H2. The molecule has 0 aliphatic carbocycles. The molecule has 1 N–H and O–H groups in total. The molecule has 3 aromatic rings. The second-order valence-electron chi connectivity index (χ2n) is 4.57. The zero-order valence-corrected chi connectivity index (χ0v) is 11.1.